The summed E-state index contributed by atoms with van der Waals surface area (Å²) < 4.78 is 51.7. The largest absolute Gasteiger partial charge is 0.417 e. The van der Waals surface area contributed by atoms with Crippen LogP contribution in [0.15, 0.2) is 48.7 Å². The van der Waals surface area contributed by atoms with E-state index < -0.39 is 22.6 Å². The van der Waals surface area contributed by atoms with E-state index in [4.69, 9.17) is 11.6 Å². The Bertz CT molecular complexity index is 915. The van der Waals surface area contributed by atoms with E-state index in [-0.39, 0.29) is 17.5 Å². The monoisotopic (exact) mass is 383 g/mol. The molecule has 3 aromatic rings. The zero-order valence-electron chi connectivity index (χ0n) is 12.9. The lowest BCUT2D eigenvalue weighted by Crippen LogP contribution is -2.07. The van der Waals surface area contributed by atoms with Gasteiger partial charge in [-0.3, -0.25) is 0 Å². The smallest absolute Gasteiger partial charge is 0.339 e. The number of hydrogen-bond donors (Lipinski definition) is 2. The van der Waals surface area contributed by atoms with Gasteiger partial charge in [0.25, 0.3) is 0 Å². The van der Waals surface area contributed by atoms with Gasteiger partial charge in [-0.05, 0) is 42.5 Å². The fourth-order valence-electron chi connectivity index (χ4n) is 2.05. The lowest BCUT2D eigenvalue weighted by atomic mass is 10.2. The van der Waals surface area contributed by atoms with E-state index in [1.165, 1.54) is 36.5 Å². The van der Waals surface area contributed by atoms with Gasteiger partial charge >= 0.3 is 6.18 Å². The topological polar surface area (TPSA) is 62.7 Å². The minimum Gasteiger partial charge on any atom is -0.339 e. The van der Waals surface area contributed by atoms with Crippen LogP contribution in [0.25, 0.3) is 0 Å². The molecule has 0 bridgehead atoms. The summed E-state index contributed by atoms with van der Waals surface area (Å²) in [6, 6.07) is 8.86. The Morgan fingerprint density at radius 2 is 1.62 bits per heavy atom. The number of halogens is 5. The van der Waals surface area contributed by atoms with Crippen molar-refractivity contribution in [1.29, 1.82) is 0 Å². The Balaban J connectivity index is 1.80. The molecule has 0 aliphatic rings. The highest BCUT2D eigenvalue weighted by Gasteiger charge is 2.33. The first-order valence-corrected chi connectivity index (χ1v) is 7.55. The molecule has 0 amide bonds. The van der Waals surface area contributed by atoms with E-state index in [1.54, 1.807) is 0 Å². The van der Waals surface area contributed by atoms with Crippen LogP contribution < -0.4 is 10.6 Å². The van der Waals surface area contributed by atoms with Crippen LogP contribution in [-0.4, -0.2) is 15.2 Å². The molecular weight excluding hydrogens is 374 g/mol. The van der Waals surface area contributed by atoms with Crippen molar-refractivity contribution in [3.63, 3.8) is 0 Å². The summed E-state index contributed by atoms with van der Waals surface area (Å²) in [6.07, 6.45) is -3.33. The number of hydrogen-bond acceptors (Lipinski definition) is 5. The van der Waals surface area contributed by atoms with Gasteiger partial charge in [0.05, 0.1) is 16.8 Å². The fraction of sp³-hybridized carbons (Fsp3) is 0.0625. The highest BCUT2D eigenvalue weighted by Crippen LogP contribution is 2.36. The summed E-state index contributed by atoms with van der Waals surface area (Å²) in [6.45, 7) is 0. The normalized spacial score (nSPS) is 11.3. The average molecular weight is 384 g/mol. The molecule has 0 unspecified atom stereocenters. The zero-order valence-corrected chi connectivity index (χ0v) is 13.6. The second kappa shape index (κ2) is 7.12. The van der Waals surface area contributed by atoms with Crippen LogP contribution in [-0.2, 0) is 6.18 Å². The molecule has 1 aromatic heterocycles. The summed E-state index contributed by atoms with van der Waals surface area (Å²) in [7, 11) is 0. The Morgan fingerprint density at radius 3 is 2.31 bits per heavy atom. The maximum absolute atomic E-state index is 12.9. The van der Waals surface area contributed by atoms with Gasteiger partial charge in [0, 0.05) is 11.4 Å². The van der Waals surface area contributed by atoms with Gasteiger partial charge in [0.15, 0.2) is 5.82 Å². The third kappa shape index (κ3) is 4.37. The minimum absolute atomic E-state index is 0.0895. The molecule has 134 valence electrons. The first-order valence-electron chi connectivity index (χ1n) is 7.17. The summed E-state index contributed by atoms with van der Waals surface area (Å²) in [4.78, 5) is 4.10. The van der Waals surface area contributed by atoms with Crippen LogP contribution in [0, 0.1) is 5.82 Å². The van der Waals surface area contributed by atoms with Crippen LogP contribution in [0.1, 0.15) is 5.56 Å². The van der Waals surface area contributed by atoms with E-state index >= 15 is 0 Å². The Morgan fingerprint density at radius 1 is 0.923 bits per heavy atom. The number of benzene rings is 2. The van der Waals surface area contributed by atoms with Gasteiger partial charge in [-0.25, -0.2) is 4.39 Å². The molecular formula is C16H10ClF4N5. The molecule has 2 N–H and O–H groups in total. The summed E-state index contributed by atoms with van der Waals surface area (Å²) in [5.74, 6) is -0.139. The number of nitrogens with one attached hydrogen (secondary N) is 2. The van der Waals surface area contributed by atoms with Gasteiger partial charge in [0.2, 0.25) is 5.95 Å². The van der Waals surface area contributed by atoms with E-state index in [2.05, 4.69) is 25.8 Å². The van der Waals surface area contributed by atoms with Crippen LogP contribution >= 0.6 is 11.6 Å². The standard InChI is InChI=1S/C16H10ClF4N5/c17-13-6-5-11(7-12(13)16(19,20)21)23-14-8-22-26-15(25-14)24-10-3-1-9(18)2-4-10/h1-8H,(H2,23,24,25,26). The zero-order chi connectivity index (χ0) is 18.7. The highest BCUT2D eigenvalue weighted by molar-refractivity contribution is 6.31. The third-order valence-electron chi connectivity index (χ3n) is 3.20. The lowest BCUT2D eigenvalue weighted by Gasteiger charge is -2.12. The molecule has 0 atom stereocenters. The van der Waals surface area contributed by atoms with Gasteiger partial charge < -0.3 is 10.6 Å². The lowest BCUT2D eigenvalue weighted by molar-refractivity contribution is -0.137. The average Bonchev–Trinajstić information content (AvgIpc) is 2.58. The molecule has 0 spiro atoms. The second-order valence-electron chi connectivity index (χ2n) is 5.11. The molecule has 0 saturated carbocycles. The number of aromatic nitrogens is 3. The van der Waals surface area contributed by atoms with Gasteiger partial charge in [-0.15, -0.1) is 5.10 Å². The molecule has 3 rings (SSSR count). The number of alkyl halides is 3. The molecule has 0 fully saturated rings. The molecule has 5 nitrogen and oxygen atoms in total. The molecule has 10 heteroatoms. The van der Waals surface area contributed by atoms with E-state index in [1.807, 2.05) is 0 Å². The quantitative estimate of drug-likeness (QED) is 0.608. The van der Waals surface area contributed by atoms with Crippen molar-refractivity contribution >= 4 is 34.7 Å². The first-order chi connectivity index (χ1) is 12.3. The molecule has 1 heterocycles. The predicted molar refractivity (Wildman–Crippen MR) is 89.2 cm³/mol. The molecule has 0 aliphatic heterocycles. The van der Waals surface area contributed by atoms with Crippen molar-refractivity contribution in [2.24, 2.45) is 0 Å². The van der Waals surface area contributed by atoms with Crippen LogP contribution in [0.5, 0.6) is 0 Å². The summed E-state index contributed by atoms with van der Waals surface area (Å²) >= 11 is 5.59. The van der Waals surface area contributed by atoms with Crippen molar-refractivity contribution in [1.82, 2.24) is 15.2 Å². The van der Waals surface area contributed by atoms with Crippen molar-refractivity contribution in [2.45, 2.75) is 6.18 Å². The maximum Gasteiger partial charge on any atom is 0.417 e. The van der Waals surface area contributed by atoms with Crippen molar-refractivity contribution in [2.75, 3.05) is 10.6 Å². The van der Waals surface area contributed by atoms with Crippen LogP contribution in [0.3, 0.4) is 0 Å². The van der Waals surface area contributed by atoms with Gasteiger partial charge in [-0.1, -0.05) is 11.6 Å². The van der Waals surface area contributed by atoms with Crippen molar-refractivity contribution < 1.29 is 17.6 Å². The Kier molecular flexibility index (Phi) is 4.90. The van der Waals surface area contributed by atoms with E-state index in [0.29, 0.717) is 5.69 Å². The van der Waals surface area contributed by atoms with Gasteiger partial charge in [-0.2, -0.15) is 23.3 Å². The van der Waals surface area contributed by atoms with Crippen LogP contribution in [0.2, 0.25) is 5.02 Å². The summed E-state index contributed by atoms with van der Waals surface area (Å²) in [5, 5.41) is 12.6. The molecule has 0 aliphatic carbocycles. The predicted octanol–water partition coefficient (Wildman–Crippen LogP) is 5.17. The van der Waals surface area contributed by atoms with E-state index in [9.17, 15) is 17.6 Å². The summed E-state index contributed by atoms with van der Waals surface area (Å²) in [5.41, 5.74) is -0.304. The van der Waals surface area contributed by atoms with E-state index in [0.717, 1.165) is 12.1 Å². The molecule has 2 aromatic carbocycles. The SMILES string of the molecule is Fc1ccc(Nc2nncc(Nc3ccc(Cl)c(C(F)(F)F)c3)n2)cc1. The fourth-order valence-corrected chi connectivity index (χ4v) is 2.27. The third-order valence-corrected chi connectivity index (χ3v) is 3.53. The van der Waals surface area contributed by atoms with Gasteiger partial charge in [0.1, 0.15) is 5.82 Å². The molecule has 0 radical (unpaired) electrons. The minimum atomic E-state index is -4.58. The molecule has 0 saturated heterocycles. The first kappa shape index (κ1) is 17.9. The Labute approximate surface area is 150 Å². The van der Waals surface area contributed by atoms with Crippen molar-refractivity contribution in [3.05, 3.63) is 65.1 Å². The number of rotatable bonds is 4. The second-order valence-corrected chi connectivity index (χ2v) is 5.52. The number of anilines is 4. The highest BCUT2D eigenvalue weighted by atomic mass is 35.5. The van der Waals surface area contributed by atoms with Crippen molar-refractivity contribution in [3.8, 4) is 0 Å². The maximum atomic E-state index is 12.9. The Hall–Kier alpha value is -2.94. The molecule has 26 heavy (non-hydrogen) atoms. The van der Waals surface area contributed by atoms with Crippen LogP contribution in [0.4, 0.5) is 40.7 Å². The number of nitrogens with zero attached hydrogens (tertiary/aromatic N) is 3.